The summed E-state index contributed by atoms with van der Waals surface area (Å²) in [5, 5.41) is 2.10. The molecule has 3 heteroatoms. The Hall–Kier alpha value is -0.0200. The van der Waals surface area contributed by atoms with Crippen molar-refractivity contribution >= 4 is 33.0 Å². The Morgan fingerprint density at radius 1 is 1.60 bits per heavy atom. The molecule has 0 amide bonds. The second-order valence-corrected chi connectivity index (χ2v) is 4.73. The Morgan fingerprint density at radius 3 is 2.40 bits per heavy atom. The topological polar surface area (TPSA) is 26.0 Å². The highest BCUT2D eigenvalue weighted by Gasteiger charge is 2.08. The second-order valence-electron chi connectivity index (χ2n) is 2.53. The number of rotatable bonds is 1. The lowest BCUT2D eigenvalue weighted by atomic mass is 10.1. The molecular weight excluding hydrogens is 210 g/mol. The van der Waals surface area contributed by atoms with Crippen LogP contribution in [-0.4, -0.2) is 0 Å². The first-order chi connectivity index (χ1) is 4.63. The maximum absolute atomic E-state index is 5.77. The molecule has 0 saturated carbocycles. The van der Waals surface area contributed by atoms with Gasteiger partial charge in [0.1, 0.15) is 0 Å². The van der Waals surface area contributed by atoms with E-state index in [1.165, 1.54) is 5.56 Å². The van der Waals surface area contributed by atoms with Crippen molar-refractivity contribution in [2.45, 2.75) is 19.8 Å². The van der Waals surface area contributed by atoms with Crippen molar-refractivity contribution in [1.29, 1.82) is 0 Å². The molecule has 0 atom stereocenters. The van der Waals surface area contributed by atoms with E-state index in [9.17, 15) is 0 Å². The molecule has 2 N–H and O–H groups in total. The van der Waals surface area contributed by atoms with E-state index in [1.807, 2.05) is 0 Å². The van der Waals surface area contributed by atoms with Gasteiger partial charge in [-0.15, -0.1) is 11.3 Å². The van der Waals surface area contributed by atoms with Crippen LogP contribution in [0.1, 0.15) is 25.3 Å². The molecule has 0 aliphatic carbocycles. The number of anilines is 1. The van der Waals surface area contributed by atoms with E-state index < -0.39 is 0 Å². The minimum Gasteiger partial charge on any atom is -0.397 e. The minimum absolute atomic E-state index is 0.530. The molecule has 1 nitrogen and oxygen atoms in total. The van der Waals surface area contributed by atoms with E-state index in [0.29, 0.717) is 5.92 Å². The lowest BCUT2D eigenvalue weighted by molar-refractivity contribution is 0.875. The van der Waals surface area contributed by atoms with Crippen LogP contribution in [0.25, 0.3) is 0 Å². The van der Waals surface area contributed by atoms with E-state index in [-0.39, 0.29) is 0 Å². The van der Waals surface area contributed by atoms with E-state index in [0.717, 1.165) is 9.47 Å². The maximum atomic E-state index is 5.77. The molecule has 1 heterocycles. The average molecular weight is 220 g/mol. The van der Waals surface area contributed by atoms with Crippen LogP contribution in [0.5, 0.6) is 0 Å². The van der Waals surface area contributed by atoms with Crippen LogP contribution in [-0.2, 0) is 0 Å². The number of nitrogen functional groups attached to an aromatic ring is 1. The zero-order chi connectivity index (χ0) is 7.72. The summed E-state index contributed by atoms with van der Waals surface area (Å²) < 4.78 is 1.05. The van der Waals surface area contributed by atoms with Crippen LogP contribution in [0.4, 0.5) is 5.69 Å². The summed E-state index contributed by atoms with van der Waals surface area (Å²) in [4.78, 5) is 0. The number of halogens is 1. The van der Waals surface area contributed by atoms with E-state index in [4.69, 9.17) is 5.73 Å². The van der Waals surface area contributed by atoms with Gasteiger partial charge in [-0.05, 0) is 32.8 Å². The summed E-state index contributed by atoms with van der Waals surface area (Å²) in [5.74, 6) is 0.530. The van der Waals surface area contributed by atoms with Crippen LogP contribution in [0.3, 0.4) is 0 Å². The van der Waals surface area contributed by atoms with Gasteiger partial charge in [0.2, 0.25) is 0 Å². The van der Waals surface area contributed by atoms with Gasteiger partial charge in [0.15, 0.2) is 0 Å². The van der Waals surface area contributed by atoms with Crippen LogP contribution in [0.15, 0.2) is 9.17 Å². The Balaban J connectivity index is 3.05. The summed E-state index contributed by atoms with van der Waals surface area (Å²) in [5.41, 5.74) is 7.92. The molecule has 0 saturated heterocycles. The van der Waals surface area contributed by atoms with Crippen LogP contribution in [0, 0.1) is 0 Å². The van der Waals surface area contributed by atoms with Crippen LogP contribution >= 0.6 is 27.3 Å². The van der Waals surface area contributed by atoms with Crippen molar-refractivity contribution in [3.8, 4) is 0 Å². The molecule has 0 fully saturated rings. The molecule has 1 aromatic rings. The highest BCUT2D eigenvalue weighted by atomic mass is 79.9. The van der Waals surface area contributed by atoms with Crippen molar-refractivity contribution in [3.63, 3.8) is 0 Å². The molecular formula is C7H10BrNS. The molecule has 1 aromatic heterocycles. The average Bonchev–Trinajstić information content (AvgIpc) is 2.14. The fraction of sp³-hybridized carbons (Fsp3) is 0.429. The quantitative estimate of drug-likeness (QED) is 0.772. The number of hydrogen-bond acceptors (Lipinski definition) is 2. The zero-order valence-electron chi connectivity index (χ0n) is 6.02. The standard InChI is InChI=1S/C7H10BrNS/c1-4(2)5-3-10-7(8)6(5)9/h3-4H,9H2,1-2H3. The molecule has 0 bridgehead atoms. The molecule has 0 aliphatic rings. The van der Waals surface area contributed by atoms with Gasteiger partial charge >= 0.3 is 0 Å². The smallest absolute Gasteiger partial charge is 0.0930 e. The normalized spacial score (nSPS) is 10.8. The van der Waals surface area contributed by atoms with Crippen molar-refractivity contribution < 1.29 is 0 Å². The Kier molecular flexibility index (Phi) is 2.36. The summed E-state index contributed by atoms with van der Waals surface area (Å²) in [6, 6.07) is 0. The summed E-state index contributed by atoms with van der Waals surface area (Å²) >= 11 is 5.03. The number of thiophene rings is 1. The number of hydrogen-bond donors (Lipinski definition) is 1. The van der Waals surface area contributed by atoms with Gasteiger partial charge in [-0.3, -0.25) is 0 Å². The van der Waals surface area contributed by atoms with E-state index >= 15 is 0 Å². The molecule has 0 spiro atoms. The Labute approximate surface area is 73.4 Å². The predicted octanol–water partition coefficient (Wildman–Crippen LogP) is 3.22. The lowest BCUT2D eigenvalue weighted by Gasteiger charge is -2.01. The highest BCUT2D eigenvalue weighted by molar-refractivity contribution is 9.11. The Morgan fingerprint density at radius 2 is 2.20 bits per heavy atom. The second kappa shape index (κ2) is 2.93. The fourth-order valence-corrected chi connectivity index (χ4v) is 2.19. The summed E-state index contributed by atoms with van der Waals surface area (Å²) in [6.07, 6.45) is 0. The zero-order valence-corrected chi connectivity index (χ0v) is 8.42. The summed E-state index contributed by atoms with van der Waals surface area (Å²) in [7, 11) is 0. The fourth-order valence-electron chi connectivity index (χ4n) is 0.803. The first kappa shape index (κ1) is 8.08. The monoisotopic (exact) mass is 219 g/mol. The largest absolute Gasteiger partial charge is 0.397 e. The van der Waals surface area contributed by atoms with E-state index in [2.05, 4.69) is 35.2 Å². The minimum atomic E-state index is 0.530. The molecule has 0 aliphatic heterocycles. The molecule has 56 valence electrons. The number of nitrogens with two attached hydrogens (primary N) is 1. The molecule has 10 heavy (non-hydrogen) atoms. The van der Waals surface area contributed by atoms with Crippen molar-refractivity contribution in [2.75, 3.05) is 5.73 Å². The van der Waals surface area contributed by atoms with Gasteiger partial charge < -0.3 is 5.73 Å². The van der Waals surface area contributed by atoms with Crippen molar-refractivity contribution in [3.05, 3.63) is 14.7 Å². The predicted molar refractivity (Wildman–Crippen MR) is 50.5 cm³/mol. The summed E-state index contributed by atoms with van der Waals surface area (Å²) in [6.45, 7) is 4.29. The molecule has 1 rings (SSSR count). The van der Waals surface area contributed by atoms with Crippen LogP contribution in [0.2, 0.25) is 0 Å². The molecule has 0 aromatic carbocycles. The van der Waals surface area contributed by atoms with Crippen molar-refractivity contribution in [1.82, 2.24) is 0 Å². The maximum Gasteiger partial charge on any atom is 0.0930 e. The van der Waals surface area contributed by atoms with Gasteiger partial charge in [0.25, 0.3) is 0 Å². The van der Waals surface area contributed by atoms with Crippen LogP contribution < -0.4 is 5.73 Å². The van der Waals surface area contributed by atoms with Crippen molar-refractivity contribution in [2.24, 2.45) is 0 Å². The van der Waals surface area contributed by atoms with Gasteiger partial charge in [0.05, 0.1) is 9.47 Å². The van der Waals surface area contributed by atoms with Gasteiger partial charge in [0, 0.05) is 0 Å². The first-order valence-electron chi connectivity index (χ1n) is 3.15. The third-order valence-corrected chi connectivity index (χ3v) is 3.22. The van der Waals surface area contributed by atoms with Gasteiger partial charge in [-0.25, -0.2) is 0 Å². The molecule has 0 radical (unpaired) electrons. The van der Waals surface area contributed by atoms with E-state index in [1.54, 1.807) is 11.3 Å². The third-order valence-electron chi connectivity index (χ3n) is 1.43. The SMILES string of the molecule is CC(C)c1csc(Br)c1N. The lowest BCUT2D eigenvalue weighted by Crippen LogP contribution is -1.91. The first-order valence-corrected chi connectivity index (χ1v) is 4.82. The third kappa shape index (κ3) is 1.35. The molecule has 0 unspecified atom stereocenters. The highest BCUT2D eigenvalue weighted by Crippen LogP contribution is 2.34. The van der Waals surface area contributed by atoms with Gasteiger partial charge in [-0.2, -0.15) is 0 Å². The Bertz CT molecular complexity index is 230. The van der Waals surface area contributed by atoms with Gasteiger partial charge in [-0.1, -0.05) is 13.8 Å².